The summed E-state index contributed by atoms with van der Waals surface area (Å²) in [6.45, 7) is 13.8. The standard InChI is InChI=1S/C39H49N3O4S/c1-36(2,3)26-37(4,5)41-22-14-20-39-31(34(45)42(32(39)35(41)46)29(25-43)23-27-15-9-7-10-16-27)30-33(44)40(21-13-19-38(30,6)47-39)24-28-17-11-8-12-18-28/h7-20,29-32,43H,21-26H2,1-6H3/t29-,30+,31+,32?,38-,39+/m1/s1. The Kier molecular flexibility index (Phi) is 8.75. The Balaban J connectivity index is 1.46. The van der Waals surface area contributed by atoms with Gasteiger partial charge in [0.1, 0.15) is 6.04 Å². The minimum absolute atomic E-state index is 0.0334. The van der Waals surface area contributed by atoms with Crippen molar-refractivity contribution in [3.8, 4) is 0 Å². The number of nitrogens with zero attached hydrogens (tertiary/aromatic N) is 3. The van der Waals surface area contributed by atoms with E-state index < -0.39 is 39.0 Å². The van der Waals surface area contributed by atoms with Gasteiger partial charge in [-0.1, -0.05) is 106 Å². The van der Waals surface area contributed by atoms with Crippen LogP contribution in [0.2, 0.25) is 0 Å². The van der Waals surface area contributed by atoms with E-state index in [1.807, 2.05) is 70.5 Å². The molecule has 3 amide bonds. The summed E-state index contributed by atoms with van der Waals surface area (Å²) in [6.07, 6.45) is 9.46. The van der Waals surface area contributed by atoms with Crippen LogP contribution in [0.4, 0.5) is 0 Å². The van der Waals surface area contributed by atoms with E-state index in [1.54, 1.807) is 16.7 Å². The molecule has 4 aliphatic heterocycles. The number of aliphatic hydroxyl groups is 1. The maximum absolute atomic E-state index is 15.2. The molecule has 2 aromatic carbocycles. The molecule has 0 bridgehead atoms. The number of hydrogen-bond donors (Lipinski definition) is 1. The van der Waals surface area contributed by atoms with Gasteiger partial charge < -0.3 is 19.8 Å². The van der Waals surface area contributed by atoms with Crippen molar-refractivity contribution >= 4 is 29.5 Å². The van der Waals surface area contributed by atoms with Crippen LogP contribution in [0.5, 0.6) is 0 Å². The van der Waals surface area contributed by atoms with Crippen LogP contribution in [0.1, 0.15) is 59.1 Å². The molecular weight excluding hydrogens is 607 g/mol. The van der Waals surface area contributed by atoms with E-state index in [0.717, 1.165) is 17.5 Å². The van der Waals surface area contributed by atoms with Crippen LogP contribution in [0, 0.1) is 17.3 Å². The Morgan fingerprint density at radius 2 is 1.45 bits per heavy atom. The zero-order chi connectivity index (χ0) is 33.8. The Morgan fingerprint density at radius 1 is 0.830 bits per heavy atom. The zero-order valence-corrected chi connectivity index (χ0v) is 29.4. The highest BCUT2D eigenvalue weighted by Gasteiger charge is 2.74. The van der Waals surface area contributed by atoms with Crippen LogP contribution in [0.3, 0.4) is 0 Å². The quantitative estimate of drug-likeness (QED) is 0.381. The van der Waals surface area contributed by atoms with E-state index in [-0.39, 0.29) is 29.7 Å². The minimum atomic E-state index is -0.972. The molecule has 0 aromatic heterocycles. The lowest BCUT2D eigenvalue weighted by Crippen LogP contribution is -2.61. The molecule has 0 saturated carbocycles. The summed E-state index contributed by atoms with van der Waals surface area (Å²) in [4.78, 5) is 50.5. The van der Waals surface area contributed by atoms with Gasteiger partial charge in [0.25, 0.3) is 0 Å². The topological polar surface area (TPSA) is 81.2 Å². The van der Waals surface area contributed by atoms with Gasteiger partial charge in [0.05, 0.1) is 29.2 Å². The van der Waals surface area contributed by atoms with Gasteiger partial charge in [-0.15, -0.1) is 11.8 Å². The highest BCUT2D eigenvalue weighted by atomic mass is 32.2. The monoisotopic (exact) mass is 655 g/mol. The Hall–Kier alpha value is -3.36. The third-order valence-corrected chi connectivity index (χ3v) is 12.2. The first-order chi connectivity index (χ1) is 22.2. The van der Waals surface area contributed by atoms with E-state index in [9.17, 15) is 9.90 Å². The molecule has 0 radical (unpaired) electrons. The molecule has 250 valence electrons. The summed E-state index contributed by atoms with van der Waals surface area (Å²) in [5.41, 5.74) is 1.48. The SMILES string of the molecule is CC(C)(C)CC(C)(C)N1CC=C[C@]23S[C@]4(C)C=CCN(Cc5ccccc5)C(=O)[C@@H]4[C@H]2C(=O)N([C@@H](CO)Cc2ccccc2)C3C1=O. The summed E-state index contributed by atoms with van der Waals surface area (Å²) in [5.74, 6) is -1.83. The largest absolute Gasteiger partial charge is 0.394 e. The molecule has 6 atom stereocenters. The van der Waals surface area contributed by atoms with Crippen LogP contribution in [-0.4, -0.2) is 84.3 Å². The molecule has 4 aliphatic rings. The normalized spacial score (nSPS) is 29.8. The molecule has 6 rings (SSSR count). The Morgan fingerprint density at radius 3 is 2.06 bits per heavy atom. The Bertz CT molecular complexity index is 1570. The van der Waals surface area contributed by atoms with Crippen molar-refractivity contribution in [1.82, 2.24) is 14.7 Å². The minimum Gasteiger partial charge on any atom is -0.394 e. The third-order valence-electron chi connectivity index (χ3n) is 10.4. The highest BCUT2D eigenvalue weighted by molar-refractivity contribution is 8.02. The zero-order valence-electron chi connectivity index (χ0n) is 28.6. The molecule has 2 fully saturated rings. The number of hydrogen-bond acceptors (Lipinski definition) is 5. The van der Waals surface area contributed by atoms with Crippen LogP contribution < -0.4 is 0 Å². The second-order valence-corrected chi connectivity index (χ2v) is 17.6. The fourth-order valence-electron chi connectivity index (χ4n) is 8.93. The summed E-state index contributed by atoms with van der Waals surface area (Å²) in [5, 5.41) is 10.9. The number of thioether (sulfide) groups is 1. The fraction of sp³-hybridized carbons (Fsp3) is 0.513. The molecule has 47 heavy (non-hydrogen) atoms. The number of carbonyl (C=O) groups excluding carboxylic acids is 3. The molecule has 7 nitrogen and oxygen atoms in total. The molecule has 2 saturated heterocycles. The van der Waals surface area contributed by atoms with Crippen molar-refractivity contribution in [2.24, 2.45) is 17.3 Å². The number of amides is 3. The smallest absolute Gasteiger partial charge is 0.247 e. The van der Waals surface area contributed by atoms with Crippen LogP contribution in [-0.2, 0) is 27.3 Å². The summed E-state index contributed by atoms with van der Waals surface area (Å²) in [7, 11) is 0. The van der Waals surface area contributed by atoms with E-state index in [4.69, 9.17) is 0 Å². The van der Waals surface area contributed by atoms with Crippen molar-refractivity contribution in [2.75, 3.05) is 19.7 Å². The van der Waals surface area contributed by atoms with E-state index in [0.29, 0.717) is 26.1 Å². The maximum Gasteiger partial charge on any atom is 0.247 e. The molecule has 1 N–H and O–H groups in total. The molecular formula is C39H49N3O4S. The van der Waals surface area contributed by atoms with E-state index >= 15 is 9.59 Å². The lowest BCUT2D eigenvalue weighted by atomic mass is 9.74. The fourth-order valence-corrected chi connectivity index (χ4v) is 11.1. The maximum atomic E-state index is 15.2. The van der Waals surface area contributed by atoms with E-state index in [1.165, 1.54) is 0 Å². The molecule has 0 aliphatic carbocycles. The lowest BCUT2D eigenvalue weighted by molar-refractivity contribution is -0.149. The molecule has 1 unspecified atom stereocenters. The summed E-state index contributed by atoms with van der Waals surface area (Å²) < 4.78 is -1.66. The van der Waals surface area contributed by atoms with Crippen LogP contribution in [0.25, 0.3) is 0 Å². The number of likely N-dealkylation sites (tertiary alicyclic amines) is 1. The van der Waals surface area contributed by atoms with Gasteiger partial charge in [-0.2, -0.15) is 0 Å². The van der Waals surface area contributed by atoms with Crippen molar-refractivity contribution in [3.05, 3.63) is 96.1 Å². The van der Waals surface area contributed by atoms with Gasteiger partial charge in [-0.3, -0.25) is 14.4 Å². The predicted molar refractivity (Wildman–Crippen MR) is 187 cm³/mol. The second-order valence-electron chi connectivity index (χ2n) is 15.8. The van der Waals surface area contributed by atoms with Gasteiger partial charge in [0, 0.05) is 29.9 Å². The summed E-state index contributed by atoms with van der Waals surface area (Å²) in [6, 6.07) is 18.2. The first-order valence-electron chi connectivity index (χ1n) is 16.9. The van der Waals surface area contributed by atoms with Gasteiger partial charge >= 0.3 is 0 Å². The van der Waals surface area contributed by atoms with Crippen molar-refractivity contribution in [1.29, 1.82) is 0 Å². The first kappa shape index (κ1) is 33.5. The average molecular weight is 656 g/mol. The van der Waals surface area contributed by atoms with Crippen LogP contribution in [0.15, 0.2) is 85.0 Å². The second kappa shape index (κ2) is 12.3. The average Bonchev–Trinajstić information content (AvgIpc) is 3.28. The highest BCUT2D eigenvalue weighted by Crippen LogP contribution is 2.66. The lowest BCUT2D eigenvalue weighted by Gasteiger charge is -2.45. The van der Waals surface area contributed by atoms with Gasteiger partial charge in [-0.05, 0) is 50.2 Å². The van der Waals surface area contributed by atoms with Gasteiger partial charge in [0.2, 0.25) is 17.7 Å². The molecule has 1 spiro atoms. The van der Waals surface area contributed by atoms with E-state index in [2.05, 4.69) is 65.8 Å². The van der Waals surface area contributed by atoms with Crippen molar-refractivity contribution < 1.29 is 19.5 Å². The predicted octanol–water partition coefficient (Wildman–Crippen LogP) is 5.49. The van der Waals surface area contributed by atoms with Gasteiger partial charge in [0.15, 0.2) is 0 Å². The van der Waals surface area contributed by atoms with Gasteiger partial charge in [-0.25, -0.2) is 0 Å². The molecule has 4 heterocycles. The summed E-state index contributed by atoms with van der Waals surface area (Å²) >= 11 is 1.60. The third kappa shape index (κ3) is 5.97. The number of benzene rings is 2. The molecule has 2 aromatic rings. The van der Waals surface area contributed by atoms with Crippen molar-refractivity contribution in [3.63, 3.8) is 0 Å². The Labute approximate surface area is 284 Å². The first-order valence-corrected chi connectivity index (χ1v) is 17.7. The van der Waals surface area contributed by atoms with Crippen molar-refractivity contribution in [2.45, 2.75) is 88.0 Å². The number of fused-ring (bicyclic) bond motifs is 2. The molecule has 8 heteroatoms. The van der Waals surface area contributed by atoms with Crippen LogP contribution >= 0.6 is 11.8 Å². The number of aliphatic hydroxyl groups excluding tert-OH is 1. The number of carbonyl (C=O) groups is 3. The number of rotatable bonds is 8.